The van der Waals surface area contributed by atoms with Crippen molar-refractivity contribution in [2.45, 2.75) is 6.54 Å². The van der Waals surface area contributed by atoms with E-state index < -0.39 is 0 Å². The van der Waals surface area contributed by atoms with Crippen LogP contribution in [-0.2, 0) is 6.54 Å². The Morgan fingerprint density at radius 1 is 1.12 bits per heavy atom. The Labute approximate surface area is 124 Å². The van der Waals surface area contributed by atoms with Crippen LogP contribution in [0.2, 0.25) is 0 Å². The van der Waals surface area contributed by atoms with E-state index in [-0.39, 0.29) is 0 Å². The van der Waals surface area contributed by atoms with Crippen LogP contribution < -0.4 is 5.32 Å². The smallest absolute Gasteiger partial charge is 0.115 e. The molecule has 2 rings (SSSR count). The zero-order chi connectivity index (χ0) is 12.3. The van der Waals surface area contributed by atoms with Crippen LogP contribution in [0.15, 0.2) is 44.1 Å². The normalized spacial score (nSPS) is 10.3. The molecule has 1 heterocycles. The van der Waals surface area contributed by atoms with Gasteiger partial charge in [-0.05, 0) is 50.1 Å². The highest BCUT2D eigenvalue weighted by Gasteiger charge is 2.06. The minimum Gasteiger partial charge on any atom is -0.378 e. The molecule has 0 amide bonds. The van der Waals surface area contributed by atoms with Gasteiger partial charge in [0.2, 0.25) is 0 Å². The van der Waals surface area contributed by atoms with Gasteiger partial charge in [-0.2, -0.15) is 0 Å². The number of hydrogen-bond acceptors (Lipinski definition) is 3. The average Bonchev–Trinajstić information content (AvgIpc) is 2.29. The summed E-state index contributed by atoms with van der Waals surface area (Å²) in [4.78, 5) is 8.04. The third kappa shape index (κ3) is 3.50. The monoisotopic (exact) mass is 419 g/mol. The van der Waals surface area contributed by atoms with Crippen molar-refractivity contribution in [2.75, 3.05) is 5.32 Å². The van der Waals surface area contributed by atoms with Crippen LogP contribution in [0.5, 0.6) is 0 Å². The number of anilines is 1. The van der Waals surface area contributed by atoms with E-state index >= 15 is 0 Å². The van der Waals surface area contributed by atoms with Crippen LogP contribution in [0.3, 0.4) is 0 Å². The van der Waals surface area contributed by atoms with Gasteiger partial charge in [-0.1, -0.05) is 15.9 Å². The first-order valence-electron chi connectivity index (χ1n) is 4.80. The average molecular weight is 422 g/mol. The number of nitrogens with one attached hydrogen (secondary N) is 1. The quantitative estimate of drug-likeness (QED) is 0.799. The zero-order valence-electron chi connectivity index (χ0n) is 8.62. The molecule has 2 aromatic rings. The van der Waals surface area contributed by atoms with Crippen LogP contribution >= 0.6 is 47.8 Å². The third-order valence-electron chi connectivity index (χ3n) is 2.10. The molecule has 88 valence electrons. The molecule has 1 aromatic heterocycles. The number of halogens is 3. The summed E-state index contributed by atoms with van der Waals surface area (Å²) in [5.74, 6) is 0. The molecule has 0 aliphatic heterocycles. The molecular formula is C11H8Br3N3. The summed E-state index contributed by atoms with van der Waals surface area (Å²) in [7, 11) is 0. The first-order chi connectivity index (χ1) is 8.16. The molecule has 0 saturated heterocycles. The maximum atomic E-state index is 4.16. The number of nitrogens with zero attached hydrogens (tertiary/aromatic N) is 2. The van der Waals surface area contributed by atoms with Gasteiger partial charge in [-0.3, -0.25) is 0 Å². The number of hydrogen-bond donors (Lipinski definition) is 1. The van der Waals surface area contributed by atoms with Crippen molar-refractivity contribution in [1.29, 1.82) is 0 Å². The number of aromatic nitrogens is 2. The SMILES string of the molecule is Brc1cc(Br)c(NCc2ccncn2)c(Br)c1. The van der Waals surface area contributed by atoms with Gasteiger partial charge >= 0.3 is 0 Å². The first-order valence-corrected chi connectivity index (χ1v) is 7.18. The Hall–Kier alpha value is -0.460. The summed E-state index contributed by atoms with van der Waals surface area (Å²) in [6, 6.07) is 5.87. The Bertz CT molecular complexity index is 494. The van der Waals surface area contributed by atoms with Gasteiger partial charge in [0.05, 0.1) is 17.9 Å². The zero-order valence-corrected chi connectivity index (χ0v) is 13.4. The Morgan fingerprint density at radius 2 is 1.82 bits per heavy atom. The Balaban J connectivity index is 2.15. The van der Waals surface area contributed by atoms with E-state index in [9.17, 15) is 0 Å². The highest BCUT2D eigenvalue weighted by molar-refractivity contribution is 9.11. The molecule has 3 nitrogen and oxygen atoms in total. The third-order valence-corrected chi connectivity index (χ3v) is 3.81. The molecule has 1 N–H and O–H groups in total. The summed E-state index contributed by atoms with van der Waals surface area (Å²) >= 11 is 10.5. The van der Waals surface area contributed by atoms with Gasteiger partial charge in [0.1, 0.15) is 6.33 Å². The molecule has 17 heavy (non-hydrogen) atoms. The molecule has 0 unspecified atom stereocenters. The molecular weight excluding hydrogens is 414 g/mol. The van der Waals surface area contributed by atoms with Gasteiger partial charge in [0.25, 0.3) is 0 Å². The highest BCUT2D eigenvalue weighted by atomic mass is 79.9. The Kier molecular flexibility index (Phi) is 4.53. The summed E-state index contributed by atoms with van der Waals surface area (Å²) < 4.78 is 3.00. The molecule has 0 aliphatic rings. The van der Waals surface area contributed by atoms with Gasteiger partial charge in [0.15, 0.2) is 0 Å². The molecule has 0 spiro atoms. The lowest BCUT2D eigenvalue weighted by Gasteiger charge is -2.10. The van der Waals surface area contributed by atoms with Crippen LogP contribution in [0.1, 0.15) is 5.69 Å². The van der Waals surface area contributed by atoms with Gasteiger partial charge < -0.3 is 5.32 Å². The Morgan fingerprint density at radius 3 is 2.41 bits per heavy atom. The van der Waals surface area contributed by atoms with Crippen LogP contribution in [0.25, 0.3) is 0 Å². The molecule has 6 heteroatoms. The van der Waals surface area contributed by atoms with Gasteiger partial charge in [0, 0.05) is 19.6 Å². The standard InChI is InChI=1S/C11H8Br3N3/c12-7-3-9(13)11(10(14)4-7)16-5-8-1-2-15-6-17-8/h1-4,6,16H,5H2. The first kappa shape index (κ1) is 13.0. The van der Waals surface area contributed by atoms with E-state index in [2.05, 4.69) is 63.1 Å². The van der Waals surface area contributed by atoms with Crippen molar-refractivity contribution in [2.24, 2.45) is 0 Å². The van der Waals surface area contributed by atoms with Gasteiger partial charge in [-0.25, -0.2) is 9.97 Å². The molecule has 0 bridgehead atoms. The van der Waals surface area contributed by atoms with Crippen molar-refractivity contribution in [3.8, 4) is 0 Å². The van der Waals surface area contributed by atoms with Crippen molar-refractivity contribution in [1.82, 2.24) is 9.97 Å². The molecule has 0 saturated carbocycles. The van der Waals surface area contributed by atoms with E-state index in [0.29, 0.717) is 6.54 Å². The van der Waals surface area contributed by atoms with Crippen LogP contribution in [0.4, 0.5) is 5.69 Å². The predicted molar refractivity (Wildman–Crippen MR) is 78.9 cm³/mol. The number of benzene rings is 1. The lowest BCUT2D eigenvalue weighted by molar-refractivity contribution is 1.00. The lowest BCUT2D eigenvalue weighted by Crippen LogP contribution is -2.02. The molecule has 0 fully saturated rings. The minimum absolute atomic E-state index is 0.654. The fourth-order valence-corrected chi connectivity index (χ4v) is 3.85. The van der Waals surface area contributed by atoms with Crippen LogP contribution in [-0.4, -0.2) is 9.97 Å². The second-order valence-corrected chi connectivity index (χ2v) is 5.92. The van der Waals surface area contributed by atoms with Crippen LogP contribution in [0, 0.1) is 0 Å². The summed E-state index contributed by atoms with van der Waals surface area (Å²) in [6.07, 6.45) is 3.28. The van der Waals surface area contributed by atoms with Crippen molar-refractivity contribution < 1.29 is 0 Å². The predicted octanol–water partition coefficient (Wildman–Crippen LogP) is 4.38. The fourth-order valence-electron chi connectivity index (χ4n) is 1.31. The van der Waals surface area contributed by atoms with Crippen molar-refractivity contribution >= 4 is 53.5 Å². The molecule has 0 radical (unpaired) electrons. The topological polar surface area (TPSA) is 37.8 Å². The summed E-state index contributed by atoms with van der Waals surface area (Å²) in [6.45, 7) is 0.654. The molecule has 1 aromatic carbocycles. The van der Waals surface area contributed by atoms with E-state index in [4.69, 9.17) is 0 Å². The fraction of sp³-hybridized carbons (Fsp3) is 0.0909. The van der Waals surface area contributed by atoms with Crippen molar-refractivity contribution in [3.63, 3.8) is 0 Å². The second kappa shape index (κ2) is 5.93. The maximum absolute atomic E-state index is 4.16. The highest BCUT2D eigenvalue weighted by Crippen LogP contribution is 2.34. The van der Waals surface area contributed by atoms with E-state index in [1.165, 1.54) is 0 Å². The number of rotatable bonds is 3. The van der Waals surface area contributed by atoms with E-state index in [1.807, 2.05) is 18.2 Å². The summed E-state index contributed by atoms with van der Waals surface area (Å²) in [5.41, 5.74) is 1.95. The molecule has 0 aliphatic carbocycles. The maximum Gasteiger partial charge on any atom is 0.115 e. The van der Waals surface area contributed by atoms with Gasteiger partial charge in [-0.15, -0.1) is 0 Å². The minimum atomic E-state index is 0.654. The molecule has 0 atom stereocenters. The lowest BCUT2D eigenvalue weighted by atomic mass is 10.3. The summed E-state index contributed by atoms with van der Waals surface area (Å²) in [5, 5.41) is 3.32. The van der Waals surface area contributed by atoms with E-state index in [0.717, 1.165) is 24.8 Å². The second-order valence-electron chi connectivity index (χ2n) is 3.30. The van der Waals surface area contributed by atoms with E-state index in [1.54, 1.807) is 12.5 Å². The largest absolute Gasteiger partial charge is 0.378 e. The van der Waals surface area contributed by atoms with Crippen molar-refractivity contribution in [3.05, 3.63) is 49.8 Å².